The molecule has 0 N–H and O–H groups in total. The number of hydrogen-bond acceptors (Lipinski definition) is 6. The van der Waals surface area contributed by atoms with E-state index >= 15 is 0 Å². The van der Waals surface area contributed by atoms with E-state index in [0.29, 0.717) is 24.9 Å². The number of anilines is 2. The molecule has 0 fully saturated rings. The quantitative estimate of drug-likeness (QED) is 0.583. The molecule has 2 heterocycles. The van der Waals surface area contributed by atoms with E-state index in [9.17, 15) is 4.79 Å². The molecule has 1 aliphatic heterocycles. The van der Waals surface area contributed by atoms with Crippen LogP contribution in [-0.4, -0.2) is 36.1 Å². The molecule has 7 heteroatoms. The number of aromatic nitrogens is 1. The monoisotopic (exact) mass is 423 g/mol. The van der Waals surface area contributed by atoms with Crippen molar-refractivity contribution in [3.8, 4) is 11.5 Å². The smallest absolute Gasteiger partial charge is 0.230 e. The molecule has 0 bridgehead atoms. The van der Waals surface area contributed by atoms with Crippen LogP contribution in [0.5, 0.6) is 11.5 Å². The van der Waals surface area contributed by atoms with Crippen molar-refractivity contribution in [2.45, 2.75) is 26.9 Å². The minimum Gasteiger partial charge on any atom is -0.486 e. The summed E-state index contributed by atoms with van der Waals surface area (Å²) in [5.41, 5.74) is 4.08. The number of rotatable bonds is 6. The van der Waals surface area contributed by atoms with Crippen LogP contribution >= 0.6 is 11.3 Å². The van der Waals surface area contributed by atoms with Gasteiger partial charge in [0.15, 0.2) is 16.6 Å². The van der Waals surface area contributed by atoms with E-state index in [1.807, 2.05) is 48.7 Å². The first kappa shape index (κ1) is 20.4. The lowest BCUT2D eigenvalue weighted by atomic mass is 10.2. The van der Waals surface area contributed by atoms with Crippen LogP contribution in [-0.2, 0) is 17.9 Å². The van der Waals surface area contributed by atoms with Crippen molar-refractivity contribution >= 4 is 28.1 Å². The van der Waals surface area contributed by atoms with E-state index in [2.05, 4.69) is 18.0 Å². The van der Waals surface area contributed by atoms with Crippen LogP contribution in [0.1, 0.15) is 23.7 Å². The Morgan fingerprint density at radius 1 is 1.07 bits per heavy atom. The van der Waals surface area contributed by atoms with Gasteiger partial charge in [0, 0.05) is 25.4 Å². The Bertz CT molecular complexity index is 1030. The molecule has 0 atom stereocenters. The van der Waals surface area contributed by atoms with Gasteiger partial charge >= 0.3 is 0 Å². The first-order valence-electron chi connectivity index (χ1n) is 9.88. The molecule has 1 aliphatic rings. The number of thiazole rings is 1. The lowest BCUT2D eigenvalue weighted by molar-refractivity contribution is -0.115. The Labute approximate surface area is 180 Å². The number of amides is 1. The van der Waals surface area contributed by atoms with Crippen molar-refractivity contribution < 1.29 is 14.3 Å². The van der Waals surface area contributed by atoms with Crippen molar-refractivity contribution in [1.82, 2.24) is 9.88 Å². The number of hydrogen-bond donors (Lipinski definition) is 0. The second-order valence-corrected chi connectivity index (χ2v) is 8.30. The number of carbonyl (C=O) groups is 1. The normalized spacial score (nSPS) is 12.8. The minimum absolute atomic E-state index is 0.0515. The number of carbonyl (C=O) groups excluding carboxylic acids is 1. The lowest BCUT2D eigenvalue weighted by Crippen LogP contribution is -2.23. The maximum atomic E-state index is 12.3. The number of benzene rings is 2. The van der Waals surface area contributed by atoms with Gasteiger partial charge in [-0.25, -0.2) is 4.98 Å². The zero-order chi connectivity index (χ0) is 21.1. The highest BCUT2D eigenvalue weighted by Gasteiger charge is 2.18. The third-order valence-electron chi connectivity index (χ3n) is 4.83. The predicted octanol–water partition coefficient (Wildman–Crippen LogP) is 4.54. The molecule has 30 heavy (non-hydrogen) atoms. The maximum Gasteiger partial charge on any atom is 0.230 e. The second-order valence-electron chi connectivity index (χ2n) is 7.46. The highest BCUT2D eigenvalue weighted by molar-refractivity contribution is 7.14. The summed E-state index contributed by atoms with van der Waals surface area (Å²) in [6, 6.07) is 14.0. The van der Waals surface area contributed by atoms with Crippen LogP contribution in [0.2, 0.25) is 0 Å². The molecule has 2 aromatic carbocycles. The van der Waals surface area contributed by atoms with Crippen molar-refractivity contribution in [2.24, 2.45) is 0 Å². The van der Waals surface area contributed by atoms with Crippen molar-refractivity contribution in [2.75, 3.05) is 25.2 Å². The Morgan fingerprint density at radius 3 is 2.53 bits per heavy atom. The summed E-state index contributed by atoms with van der Waals surface area (Å²) in [6.45, 7) is 6.22. The predicted molar refractivity (Wildman–Crippen MR) is 119 cm³/mol. The fraction of sp³-hybridized carbons (Fsp3) is 0.304. The largest absolute Gasteiger partial charge is 0.486 e. The van der Waals surface area contributed by atoms with E-state index in [1.165, 1.54) is 11.3 Å². The molecule has 1 amide bonds. The van der Waals surface area contributed by atoms with Crippen LogP contribution < -0.4 is 14.4 Å². The van der Waals surface area contributed by atoms with Crippen LogP contribution in [0, 0.1) is 6.92 Å². The van der Waals surface area contributed by atoms with Crippen LogP contribution in [0.25, 0.3) is 0 Å². The summed E-state index contributed by atoms with van der Waals surface area (Å²) in [6.07, 6.45) is 0. The molecule has 0 spiro atoms. The van der Waals surface area contributed by atoms with E-state index in [4.69, 9.17) is 14.5 Å². The molecule has 156 valence electrons. The molecule has 6 nitrogen and oxygen atoms in total. The molecular weight excluding hydrogens is 398 g/mol. The van der Waals surface area contributed by atoms with E-state index in [1.54, 1.807) is 11.8 Å². The van der Waals surface area contributed by atoms with Gasteiger partial charge in [0.1, 0.15) is 13.2 Å². The molecule has 0 saturated carbocycles. The number of nitrogens with zero attached hydrogens (tertiary/aromatic N) is 3. The molecule has 1 aromatic heterocycles. The highest BCUT2D eigenvalue weighted by Crippen LogP contribution is 2.32. The van der Waals surface area contributed by atoms with Crippen molar-refractivity contribution in [1.29, 1.82) is 0 Å². The Hall–Kier alpha value is -2.90. The Kier molecular flexibility index (Phi) is 6.01. The summed E-state index contributed by atoms with van der Waals surface area (Å²) in [5, 5.41) is 2.70. The number of ether oxygens (including phenoxy) is 2. The fourth-order valence-corrected chi connectivity index (χ4v) is 4.30. The molecule has 0 saturated heterocycles. The second kappa shape index (κ2) is 8.85. The third-order valence-corrected chi connectivity index (χ3v) is 5.70. The summed E-state index contributed by atoms with van der Waals surface area (Å²) < 4.78 is 11.3. The highest BCUT2D eigenvalue weighted by atomic mass is 32.1. The van der Waals surface area contributed by atoms with Gasteiger partial charge in [0.25, 0.3) is 0 Å². The van der Waals surface area contributed by atoms with E-state index in [0.717, 1.165) is 40.6 Å². The first-order valence-corrected chi connectivity index (χ1v) is 10.8. The number of fused-ring (bicyclic) bond motifs is 1. The van der Waals surface area contributed by atoms with Crippen molar-refractivity contribution in [3.05, 3.63) is 64.7 Å². The van der Waals surface area contributed by atoms with Gasteiger partial charge in [-0.1, -0.05) is 23.8 Å². The summed E-state index contributed by atoms with van der Waals surface area (Å²) in [4.78, 5) is 20.8. The van der Waals surface area contributed by atoms with Gasteiger partial charge in [0.2, 0.25) is 5.91 Å². The Balaban J connectivity index is 1.44. The van der Waals surface area contributed by atoms with Gasteiger partial charge < -0.3 is 9.47 Å². The summed E-state index contributed by atoms with van der Waals surface area (Å²) in [7, 11) is 2.05. The zero-order valence-electron chi connectivity index (χ0n) is 17.4. The standard InChI is InChI=1S/C23H25N3O3S/c1-16-4-7-20(8-5-16)26(17(2)27)23-24-19(15-30-23)14-25(3)13-18-6-9-21-22(12-18)29-11-10-28-21/h4-9,12,15H,10-11,13-14H2,1-3H3. The van der Waals surface area contributed by atoms with E-state index < -0.39 is 0 Å². The average Bonchev–Trinajstić information content (AvgIpc) is 3.17. The average molecular weight is 424 g/mol. The molecule has 0 radical (unpaired) electrons. The molecule has 4 rings (SSSR count). The van der Waals surface area contributed by atoms with Gasteiger partial charge in [-0.15, -0.1) is 11.3 Å². The first-order chi connectivity index (χ1) is 14.5. The molecule has 3 aromatic rings. The topological polar surface area (TPSA) is 54.9 Å². The van der Waals surface area contributed by atoms with E-state index in [-0.39, 0.29) is 5.91 Å². The zero-order valence-corrected chi connectivity index (χ0v) is 18.2. The van der Waals surface area contributed by atoms with Crippen LogP contribution in [0.15, 0.2) is 47.8 Å². The maximum absolute atomic E-state index is 12.3. The van der Waals surface area contributed by atoms with Gasteiger partial charge in [-0.05, 0) is 43.8 Å². The summed E-state index contributed by atoms with van der Waals surface area (Å²) >= 11 is 1.48. The minimum atomic E-state index is -0.0515. The van der Waals surface area contributed by atoms with Crippen LogP contribution in [0.3, 0.4) is 0 Å². The third kappa shape index (κ3) is 4.63. The van der Waals surface area contributed by atoms with Gasteiger partial charge in [-0.3, -0.25) is 14.6 Å². The molecule has 0 aliphatic carbocycles. The lowest BCUT2D eigenvalue weighted by Gasteiger charge is -2.21. The SMILES string of the molecule is CC(=O)N(c1ccc(C)cc1)c1nc(CN(C)Cc2ccc3c(c2)OCCO3)cs1. The van der Waals surface area contributed by atoms with Gasteiger partial charge in [-0.2, -0.15) is 0 Å². The van der Waals surface area contributed by atoms with Gasteiger partial charge in [0.05, 0.1) is 11.4 Å². The summed E-state index contributed by atoms with van der Waals surface area (Å²) in [5.74, 6) is 1.56. The Morgan fingerprint density at radius 2 is 1.80 bits per heavy atom. The fourth-order valence-electron chi connectivity index (χ4n) is 3.42. The number of aryl methyl sites for hydroxylation is 1. The van der Waals surface area contributed by atoms with Crippen molar-refractivity contribution in [3.63, 3.8) is 0 Å². The van der Waals surface area contributed by atoms with Crippen LogP contribution in [0.4, 0.5) is 10.8 Å². The molecule has 0 unspecified atom stereocenters. The molecular formula is C23H25N3O3S.